The third kappa shape index (κ3) is 2.91. The SMILES string of the molecule is CN1CCC(NC(=O)C(C)(C)C2CCCNC2)C1=O. The minimum Gasteiger partial charge on any atom is -0.344 e. The number of likely N-dealkylation sites (N-methyl/N-ethyl adjacent to an activating group) is 1. The van der Waals surface area contributed by atoms with E-state index in [9.17, 15) is 9.59 Å². The van der Waals surface area contributed by atoms with Crippen LogP contribution < -0.4 is 10.6 Å². The van der Waals surface area contributed by atoms with Crippen molar-refractivity contribution in [2.24, 2.45) is 11.3 Å². The lowest BCUT2D eigenvalue weighted by molar-refractivity contribution is -0.137. The number of rotatable bonds is 3. The highest BCUT2D eigenvalue weighted by molar-refractivity contribution is 5.91. The van der Waals surface area contributed by atoms with Gasteiger partial charge in [0.25, 0.3) is 0 Å². The van der Waals surface area contributed by atoms with E-state index in [2.05, 4.69) is 10.6 Å². The lowest BCUT2D eigenvalue weighted by Crippen LogP contribution is -2.51. The summed E-state index contributed by atoms with van der Waals surface area (Å²) in [5.41, 5.74) is -0.422. The molecule has 0 aromatic carbocycles. The van der Waals surface area contributed by atoms with E-state index in [1.54, 1.807) is 11.9 Å². The van der Waals surface area contributed by atoms with Crippen molar-refractivity contribution in [2.75, 3.05) is 26.7 Å². The number of likely N-dealkylation sites (tertiary alicyclic amines) is 1. The Labute approximate surface area is 115 Å². The highest BCUT2D eigenvalue weighted by atomic mass is 16.2. The van der Waals surface area contributed by atoms with Crippen molar-refractivity contribution in [1.82, 2.24) is 15.5 Å². The van der Waals surface area contributed by atoms with Gasteiger partial charge >= 0.3 is 0 Å². The maximum Gasteiger partial charge on any atom is 0.244 e. The molecule has 19 heavy (non-hydrogen) atoms. The molecule has 2 heterocycles. The molecule has 0 bridgehead atoms. The van der Waals surface area contributed by atoms with Gasteiger partial charge in [-0.05, 0) is 38.3 Å². The van der Waals surface area contributed by atoms with E-state index in [4.69, 9.17) is 0 Å². The van der Waals surface area contributed by atoms with Crippen LogP contribution >= 0.6 is 0 Å². The Morgan fingerprint density at radius 3 is 2.68 bits per heavy atom. The summed E-state index contributed by atoms with van der Waals surface area (Å²) in [6, 6.07) is -0.326. The third-order valence-electron chi connectivity index (χ3n) is 4.64. The van der Waals surface area contributed by atoms with Gasteiger partial charge < -0.3 is 15.5 Å². The van der Waals surface area contributed by atoms with Gasteiger partial charge in [-0.3, -0.25) is 9.59 Å². The van der Waals surface area contributed by atoms with Gasteiger partial charge in [-0.1, -0.05) is 13.8 Å². The molecule has 2 atom stereocenters. The summed E-state index contributed by atoms with van der Waals surface area (Å²) in [7, 11) is 1.78. The molecule has 2 N–H and O–H groups in total. The van der Waals surface area contributed by atoms with Crippen molar-refractivity contribution in [3.8, 4) is 0 Å². The largest absolute Gasteiger partial charge is 0.344 e. The fraction of sp³-hybridized carbons (Fsp3) is 0.857. The fourth-order valence-electron chi connectivity index (χ4n) is 2.95. The van der Waals surface area contributed by atoms with E-state index >= 15 is 0 Å². The van der Waals surface area contributed by atoms with Crippen LogP contribution in [0.4, 0.5) is 0 Å². The molecule has 0 aromatic heterocycles. The lowest BCUT2D eigenvalue weighted by atomic mass is 9.74. The number of nitrogens with one attached hydrogen (secondary N) is 2. The maximum absolute atomic E-state index is 12.5. The van der Waals surface area contributed by atoms with Crippen LogP contribution in [-0.4, -0.2) is 49.4 Å². The molecule has 2 aliphatic rings. The number of carbonyl (C=O) groups is 2. The van der Waals surface area contributed by atoms with Gasteiger partial charge in [0.2, 0.25) is 11.8 Å². The average Bonchev–Trinajstić information content (AvgIpc) is 2.71. The molecule has 2 aliphatic heterocycles. The molecule has 0 aromatic rings. The number of hydrogen-bond donors (Lipinski definition) is 2. The van der Waals surface area contributed by atoms with Crippen molar-refractivity contribution in [3.05, 3.63) is 0 Å². The minimum absolute atomic E-state index is 0.00912. The van der Waals surface area contributed by atoms with Crippen molar-refractivity contribution in [3.63, 3.8) is 0 Å². The van der Waals surface area contributed by atoms with E-state index < -0.39 is 5.41 Å². The van der Waals surface area contributed by atoms with Crippen LogP contribution in [0, 0.1) is 11.3 Å². The highest BCUT2D eigenvalue weighted by Gasteiger charge is 2.40. The lowest BCUT2D eigenvalue weighted by Gasteiger charge is -2.36. The summed E-state index contributed by atoms with van der Waals surface area (Å²) >= 11 is 0. The summed E-state index contributed by atoms with van der Waals surface area (Å²) in [4.78, 5) is 26.0. The molecular weight excluding hydrogens is 242 g/mol. The van der Waals surface area contributed by atoms with E-state index in [0.717, 1.165) is 38.9 Å². The molecule has 2 saturated heterocycles. The van der Waals surface area contributed by atoms with Gasteiger partial charge in [-0.15, -0.1) is 0 Å². The molecule has 2 amide bonds. The van der Waals surface area contributed by atoms with Gasteiger partial charge in [0.15, 0.2) is 0 Å². The van der Waals surface area contributed by atoms with Gasteiger partial charge in [0, 0.05) is 19.0 Å². The molecule has 0 aliphatic carbocycles. The Balaban J connectivity index is 1.96. The predicted molar refractivity (Wildman–Crippen MR) is 73.6 cm³/mol. The Hall–Kier alpha value is -1.10. The third-order valence-corrected chi connectivity index (χ3v) is 4.64. The highest BCUT2D eigenvalue weighted by Crippen LogP contribution is 2.32. The summed E-state index contributed by atoms with van der Waals surface area (Å²) in [6.45, 7) is 6.64. The van der Waals surface area contributed by atoms with Gasteiger partial charge in [-0.2, -0.15) is 0 Å². The molecule has 0 radical (unpaired) electrons. The summed E-state index contributed by atoms with van der Waals surface area (Å²) in [6.07, 6.45) is 2.92. The standard InChI is InChI=1S/C14H25N3O2/c1-14(2,10-5-4-7-15-9-10)13(19)16-11-6-8-17(3)12(11)18/h10-11,15H,4-9H2,1-3H3,(H,16,19). The second kappa shape index (κ2) is 5.49. The summed E-state index contributed by atoms with van der Waals surface area (Å²) in [5.74, 6) is 0.385. The second-order valence-electron chi connectivity index (χ2n) is 6.34. The van der Waals surface area contributed by atoms with Crippen molar-refractivity contribution < 1.29 is 9.59 Å². The number of nitrogens with zero attached hydrogens (tertiary/aromatic N) is 1. The first-order valence-electron chi connectivity index (χ1n) is 7.19. The quantitative estimate of drug-likeness (QED) is 0.776. The van der Waals surface area contributed by atoms with Crippen LogP contribution in [0.15, 0.2) is 0 Å². The Kier molecular flexibility index (Phi) is 4.13. The van der Waals surface area contributed by atoms with Crippen molar-refractivity contribution >= 4 is 11.8 Å². The van der Waals surface area contributed by atoms with E-state index in [1.807, 2.05) is 13.8 Å². The zero-order valence-corrected chi connectivity index (χ0v) is 12.2. The molecule has 2 unspecified atom stereocenters. The molecule has 0 spiro atoms. The Morgan fingerprint density at radius 1 is 1.42 bits per heavy atom. The number of carbonyl (C=O) groups excluding carboxylic acids is 2. The van der Waals surface area contributed by atoms with Crippen LogP contribution in [0.1, 0.15) is 33.1 Å². The average molecular weight is 267 g/mol. The van der Waals surface area contributed by atoms with Gasteiger partial charge in [0.1, 0.15) is 6.04 Å². The van der Waals surface area contributed by atoms with Crippen molar-refractivity contribution in [2.45, 2.75) is 39.2 Å². The minimum atomic E-state index is -0.422. The summed E-state index contributed by atoms with van der Waals surface area (Å²) in [5, 5.41) is 6.29. The first kappa shape index (κ1) is 14.3. The Bertz CT molecular complexity index is 362. The normalized spacial score (nSPS) is 28.6. The topological polar surface area (TPSA) is 61.4 Å². The molecule has 5 heteroatoms. The van der Waals surface area contributed by atoms with Crippen LogP contribution in [0.2, 0.25) is 0 Å². The van der Waals surface area contributed by atoms with Gasteiger partial charge in [-0.25, -0.2) is 0 Å². The first-order valence-corrected chi connectivity index (χ1v) is 7.19. The monoisotopic (exact) mass is 267 g/mol. The first-order chi connectivity index (χ1) is 8.93. The van der Waals surface area contributed by atoms with E-state index in [-0.39, 0.29) is 17.9 Å². The van der Waals surface area contributed by atoms with Crippen LogP contribution in [0.3, 0.4) is 0 Å². The molecule has 108 valence electrons. The van der Waals surface area contributed by atoms with Crippen molar-refractivity contribution in [1.29, 1.82) is 0 Å². The fourth-order valence-corrected chi connectivity index (χ4v) is 2.95. The summed E-state index contributed by atoms with van der Waals surface area (Å²) < 4.78 is 0. The number of piperidine rings is 1. The number of hydrogen-bond acceptors (Lipinski definition) is 3. The second-order valence-corrected chi connectivity index (χ2v) is 6.34. The maximum atomic E-state index is 12.5. The zero-order valence-electron chi connectivity index (χ0n) is 12.2. The predicted octanol–water partition coefficient (Wildman–Crippen LogP) is 0.359. The molecule has 5 nitrogen and oxygen atoms in total. The smallest absolute Gasteiger partial charge is 0.244 e. The van der Waals surface area contributed by atoms with E-state index in [1.165, 1.54) is 0 Å². The molecule has 2 rings (SSSR count). The number of amides is 2. The zero-order chi connectivity index (χ0) is 14.0. The molecular formula is C14H25N3O2. The van der Waals surface area contributed by atoms with Gasteiger partial charge in [0.05, 0.1) is 0 Å². The molecule has 0 saturated carbocycles. The van der Waals surface area contributed by atoms with Crippen LogP contribution in [-0.2, 0) is 9.59 Å². The molecule has 2 fully saturated rings. The Morgan fingerprint density at radius 2 is 2.16 bits per heavy atom. The van der Waals surface area contributed by atoms with Crippen LogP contribution in [0.25, 0.3) is 0 Å². The van der Waals surface area contributed by atoms with E-state index in [0.29, 0.717) is 5.92 Å². The van der Waals surface area contributed by atoms with Crippen LogP contribution in [0.5, 0.6) is 0 Å².